The molecule has 0 spiro atoms. The van der Waals surface area contributed by atoms with Gasteiger partial charge in [-0.25, -0.2) is 4.98 Å². The SMILES string of the molecule is CCn1ccnc1Cc1ccc(OC)cc1C=O. The van der Waals surface area contributed by atoms with Crippen LogP contribution in [0.25, 0.3) is 0 Å². The Morgan fingerprint density at radius 3 is 2.94 bits per heavy atom. The summed E-state index contributed by atoms with van der Waals surface area (Å²) in [5.41, 5.74) is 1.62. The second kappa shape index (κ2) is 5.49. The van der Waals surface area contributed by atoms with Crippen molar-refractivity contribution in [1.29, 1.82) is 0 Å². The lowest BCUT2D eigenvalue weighted by atomic mass is 10.0. The summed E-state index contributed by atoms with van der Waals surface area (Å²) in [6.45, 7) is 2.95. The number of aryl methyl sites for hydroxylation is 1. The van der Waals surface area contributed by atoms with Crippen LogP contribution in [0.5, 0.6) is 5.75 Å². The summed E-state index contributed by atoms with van der Waals surface area (Å²) in [6, 6.07) is 5.53. The number of carbonyl (C=O) groups excluding carboxylic acids is 1. The average molecular weight is 244 g/mol. The summed E-state index contributed by atoms with van der Waals surface area (Å²) >= 11 is 0. The smallest absolute Gasteiger partial charge is 0.150 e. The molecule has 0 aliphatic carbocycles. The third-order valence-electron chi connectivity index (χ3n) is 2.97. The zero-order valence-electron chi connectivity index (χ0n) is 10.6. The van der Waals surface area contributed by atoms with Gasteiger partial charge >= 0.3 is 0 Å². The van der Waals surface area contributed by atoms with Crippen LogP contribution in [0.1, 0.15) is 28.7 Å². The average Bonchev–Trinajstić information content (AvgIpc) is 2.86. The monoisotopic (exact) mass is 244 g/mol. The summed E-state index contributed by atoms with van der Waals surface area (Å²) < 4.78 is 7.18. The van der Waals surface area contributed by atoms with Crippen molar-refractivity contribution >= 4 is 6.29 Å². The van der Waals surface area contributed by atoms with Crippen LogP contribution in [-0.2, 0) is 13.0 Å². The first-order valence-electron chi connectivity index (χ1n) is 5.90. The Labute approximate surface area is 106 Å². The summed E-state index contributed by atoms with van der Waals surface area (Å²) in [4.78, 5) is 15.4. The summed E-state index contributed by atoms with van der Waals surface area (Å²) in [6.07, 6.45) is 5.23. The minimum atomic E-state index is 0.652. The van der Waals surface area contributed by atoms with Crippen molar-refractivity contribution in [3.8, 4) is 5.75 Å². The Morgan fingerprint density at radius 1 is 1.44 bits per heavy atom. The highest BCUT2D eigenvalue weighted by atomic mass is 16.5. The lowest BCUT2D eigenvalue weighted by Gasteiger charge is -2.08. The van der Waals surface area contributed by atoms with Crippen LogP contribution in [0, 0.1) is 0 Å². The molecular formula is C14H16N2O2. The summed E-state index contributed by atoms with van der Waals surface area (Å²) in [5.74, 6) is 1.66. The first kappa shape index (κ1) is 12.4. The van der Waals surface area contributed by atoms with Crippen LogP contribution in [0.3, 0.4) is 0 Å². The summed E-state index contributed by atoms with van der Waals surface area (Å²) in [5, 5.41) is 0. The molecule has 0 unspecified atom stereocenters. The van der Waals surface area contributed by atoms with Gasteiger partial charge in [0, 0.05) is 30.9 Å². The van der Waals surface area contributed by atoms with Crippen LogP contribution < -0.4 is 4.74 Å². The molecule has 1 aromatic heterocycles. The number of carbonyl (C=O) groups is 1. The molecule has 0 radical (unpaired) electrons. The van der Waals surface area contributed by atoms with Gasteiger partial charge in [0.15, 0.2) is 0 Å². The van der Waals surface area contributed by atoms with Gasteiger partial charge in [-0.15, -0.1) is 0 Å². The molecule has 0 fully saturated rings. The van der Waals surface area contributed by atoms with Crippen LogP contribution in [0.4, 0.5) is 0 Å². The van der Waals surface area contributed by atoms with Gasteiger partial charge in [-0.3, -0.25) is 4.79 Å². The van der Waals surface area contributed by atoms with Crippen molar-refractivity contribution in [3.05, 3.63) is 47.5 Å². The minimum Gasteiger partial charge on any atom is -0.497 e. The number of imidazole rings is 1. The highest BCUT2D eigenvalue weighted by Gasteiger charge is 2.08. The molecule has 18 heavy (non-hydrogen) atoms. The third-order valence-corrected chi connectivity index (χ3v) is 2.97. The molecule has 0 N–H and O–H groups in total. The number of hydrogen-bond donors (Lipinski definition) is 0. The lowest BCUT2D eigenvalue weighted by molar-refractivity contribution is 0.112. The first-order chi connectivity index (χ1) is 8.78. The molecule has 4 nitrogen and oxygen atoms in total. The molecular weight excluding hydrogens is 228 g/mol. The summed E-state index contributed by atoms with van der Waals surface area (Å²) in [7, 11) is 1.59. The molecule has 0 bridgehead atoms. The van der Waals surface area contributed by atoms with E-state index < -0.39 is 0 Å². The molecule has 1 heterocycles. The Kier molecular flexibility index (Phi) is 3.77. The Morgan fingerprint density at radius 2 is 2.28 bits per heavy atom. The van der Waals surface area contributed by atoms with E-state index in [2.05, 4.69) is 16.5 Å². The van der Waals surface area contributed by atoms with Crippen LogP contribution >= 0.6 is 0 Å². The van der Waals surface area contributed by atoms with E-state index in [-0.39, 0.29) is 0 Å². The number of rotatable bonds is 5. The van der Waals surface area contributed by atoms with Crippen molar-refractivity contribution in [1.82, 2.24) is 9.55 Å². The minimum absolute atomic E-state index is 0.652. The van der Waals surface area contributed by atoms with Crippen LogP contribution in [0.2, 0.25) is 0 Å². The number of hydrogen-bond acceptors (Lipinski definition) is 3. The lowest BCUT2D eigenvalue weighted by Crippen LogP contribution is -2.04. The molecule has 0 aliphatic rings. The normalized spacial score (nSPS) is 10.3. The topological polar surface area (TPSA) is 44.1 Å². The number of methoxy groups -OCH3 is 1. The highest BCUT2D eigenvalue weighted by molar-refractivity contribution is 5.78. The van der Waals surface area contributed by atoms with E-state index in [9.17, 15) is 4.79 Å². The van der Waals surface area contributed by atoms with E-state index in [1.54, 1.807) is 19.4 Å². The molecule has 2 aromatic rings. The standard InChI is InChI=1S/C14H16N2O2/c1-3-16-7-6-15-14(16)9-11-4-5-13(18-2)8-12(11)10-17/h4-8,10H,3,9H2,1-2H3. The van der Waals surface area contributed by atoms with Crippen molar-refractivity contribution in [2.45, 2.75) is 19.9 Å². The molecule has 0 atom stereocenters. The maximum atomic E-state index is 11.1. The quantitative estimate of drug-likeness (QED) is 0.758. The van der Waals surface area contributed by atoms with E-state index in [4.69, 9.17) is 4.74 Å². The van der Waals surface area contributed by atoms with E-state index in [0.29, 0.717) is 17.7 Å². The van der Waals surface area contributed by atoms with Crippen molar-refractivity contribution < 1.29 is 9.53 Å². The number of aldehydes is 1. The number of nitrogens with zero attached hydrogens (tertiary/aromatic N) is 2. The fourth-order valence-electron chi connectivity index (χ4n) is 1.94. The highest BCUT2D eigenvalue weighted by Crippen LogP contribution is 2.18. The zero-order chi connectivity index (χ0) is 13.0. The Hall–Kier alpha value is -2.10. The maximum Gasteiger partial charge on any atom is 0.150 e. The molecule has 94 valence electrons. The molecule has 0 saturated carbocycles. The maximum absolute atomic E-state index is 11.1. The van der Waals surface area contributed by atoms with Gasteiger partial charge in [-0.05, 0) is 24.6 Å². The van der Waals surface area contributed by atoms with E-state index in [1.807, 2.05) is 18.3 Å². The largest absolute Gasteiger partial charge is 0.497 e. The van der Waals surface area contributed by atoms with Crippen molar-refractivity contribution in [2.75, 3.05) is 7.11 Å². The van der Waals surface area contributed by atoms with Gasteiger partial charge in [0.1, 0.15) is 17.9 Å². The van der Waals surface area contributed by atoms with Gasteiger partial charge in [0.2, 0.25) is 0 Å². The molecule has 0 amide bonds. The Balaban J connectivity index is 2.31. The molecule has 2 rings (SSSR count). The van der Waals surface area contributed by atoms with Crippen molar-refractivity contribution in [2.24, 2.45) is 0 Å². The second-order valence-electron chi connectivity index (χ2n) is 3.99. The number of benzene rings is 1. The second-order valence-corrected chi connectivity index (χ2v) is 3.99. The molecule has 0 saturated heterocycles. The zero-order valence-corrected chi connectivity index (χ0v) is 10.6. The predicted molar refractivity (Wildman–Crippen MR) is 69.1 cm³/mol. The number of ether oxygens (including phenoxy) is 1. The molecule has 0 aliphatic heterocycles. The van der Waals surface area contributed by atoms with Gasteiger partial charge < -0.3 is 9.30 Å². The first-order valence-corrected chi connectivity index (χ1v) is 5.90. The molecule has 4 heteroatoms. The van der Waals surface area contributed by atoms with E-state index >= 15 is 0 Å². The Bertz CT molecular complexity index is 546. The fourth-order valence-corrected chi connectivity index (χ4v) is 1.94. The molecule has 1 aromatic carbocycles. The number of aromatic nitrogens is 2. The van der Waals surface area contributed by atoms with Gasteiger partial charge in [-0.1, -0.05) is 6.07 Å². The van der Waals surface area contributed by atoms with E-state index in [1.165, 1.54) is 0 Å². The van der Waals surface area contributed by atoms with Crippen molar-refractivity contribution in [3.63, 3.8) is 0 Å². The predicted octanol–water partition coefficient (Wildman–Crippen LogP) is 2.31. The van der Waals surface area contributed by atoms with Gasteiger partial charge in [-0.2, -0.15) is 0 Å². The van der Waals surface area contributed by atoms with Gasteiger partial charge in [0.05, 0.1) is 7.11 Å². The van der Waals surface area contributed by atoms with Crippen LogP contribution in [-0.4, -0.2) is 22.9 Å². The van der Waals surface area contributed by atoms with Gasteiger partial charge in [0.25, 0.3) is 0 Å². The van der Waals surface area contributed by atoms with Crippen LogP contribution in [0.15, 0.2) is 30.6 Å². The fraction of sp³-hybridized carbons (Fsp3) is 0.286. The van der Waals surface area contributed by atoms with E-state index in [0.717, 1.165) is 24.2 Å². The third kappa shape index (κ3) is 2.42.